The molecule has 23 heavy (non-hydrogen) atoms. The minimum atomic E-state index is -0.0516. The maximum absolute atomic E-state index is 12.5. The molecule has 0 aromatic rings. The summed E-state index contributed by atoms with van der Waals surface area (Å²) in [4.78, 5) is 24.4. The molecule has 0 bridgehead atoms. The molecule has 0 aromatic heterocycles. The van der Waals surface area contributed by atoms with Crippen molar-refractivity contribution in [2.75, 3.05) is 0 Å². The molecule has 0 N–H and O–H groups in total. The second-order valence-electron chi connectivity index (χ2n) is 8.51. The van der Waals surface area contributed by atoms with E-state index in [4.69, 9.17) is 0 Å². The second kappa shape index (κ2) is 5.16. The van der Waals surface area contributed by atoms with E-state index in [0.717, 1.165) is 38.5 Å². The van der Waals surface area contributed by atoms with Crippen LogP contribution >= 0.6 is 0 Å². The lowest BCUT2D eigenvalue weighted by Crippen LogP contribution is -2.51. The number of Topliss-reactive ketones (excluding diaryl/α,β-unsaturated/α-hetero) is 1. The van der Waals surface area contributed by atoms with Crippen molar-refractivity contribution in [3.05, 3.63) is 23.8 Å². The Hall–Kier alpha value is -1.18. The average Bonchev–Trinajstić information content (AvgIpc) is 2.84. The Morgan fingerprint density at radius 2 is 1.87 bits per heavy atom. The van der Waals surface area contributed by atoms with E-state index in [2.05, 4.69) is 26.0 Å². The van der Waals surface area contributed by atoms with E-state index in [1.54, 1.807) is 0 Å². The molecule has 0 aliphatic heterocycles. The van der Waals surface area contributed by atoms with Crippen LogP contribution in [0.3, 0.4) is 0 Å². The summed E-state index contributed by atoms with van der Waals surface area (Å²) in [5.74, 6) is 2.71. The minimum absolute atomic E-state index is 0.0516. The third kappa shape index (κ3) is 1.99. The molecule has 4 rings (SSSR count). The van der Waals surface area contributed by atoms with Crippen LogP contribution in [0.2, 0.25) is 0 Å². The Balaban J connectivity index is 1.76. The lowest BCUT2D eigenvalue weighted by Gasteiger charge is -2.57. The van der Waals surface area contributed by atoms with Crippen LogP contribution in [-0.4, -0.2) is 11.6 Å². The van der Waals surface area contributed by atoms with Crippen LogP contribution in [0.15, 0.2) is 23.8 Å². The standard InChI is InChI=1S/C21H28O2/c1-3-10-21-12-8-15(22)13-14(21)4-5-16-17-6-7-19(23)20(17,2)11-9-18(16)21/h3,10,13,16-18H,4-9,11-12H2,1-2H3/b10-3+/t16?,17?,18?,20-,21-/m0/s1. The first-order valence-corrected chi connectivity index (χ1v) is 9.42. The van der Waals surface area contributed by atoms with Crippen molar-refractivity contribution in [2.24, 2.45) is 28.6 Å². The molecule has 0 spiro atoms. The zero-order valence-corrected chi connectivity index (χ0v) is 14.4. The Morgan fingerprint density at radius 1 is 1.04 bits per heavy atom. The molecular weight excluding hydrogens is 284 g/mol. The summed E-state index contributed by atoms with van der Waals surface area (Å²) in [5.41, 5.74) is 1.45. The molecule has 0 saturated heterocycles. The van der Waals surface area contributed by atoms with Gasteiger partial charge >= 0.3 is 0 Å². The van der Waals surface area contributed by atoms with Crippen molar-refractivity contribution in [3.63, 3.8) is 0 Å². The van der Waals surface area contributed by atoms with E-state index in [0.29, 0.717) is 35.7 Å². The molecule has 4 aliphatic carbocycles. The largest absolute Gasteiger partial charge is 0.299 e. The molecule has 0 heterocycles. The lowest BCUT2D eigenvalue weighted by atomic mass is 9.47. The average molecular weight is 312 g/mol. The quantitative estimate of drug-likeness (QED) is 0.661. The summed E-state index contributed by atoms with van der Waals surface area (Å²) >= 11 is 0. The van der Waals surface area contributed by atoms with Gasteiger partial charge in [-0.3, -0.25) is 9.59 Å². The van der Waals surface area contributed by atoms with E-state index in [1.165, 1.54) is 12.0 Å². The predicted octanol–water partition coefficient (Wildman–Crippen LogP) is 4.64. The molecule has 124 valence electrons. The third-order valence-electron chi connectivity index (χ3n) is 7.74. The van der Waals surface area contributed by atoms with Crippen molar-refractivity contribution < 1.29 is 9.59 Å². The highest BCUT2D eigenvalue weighted by atomic mass is 16.1. The Labute approximate surface area is 139 Å². The second-order valence-corrected chi connectivity index (χ2v) is 8.51. The molecule has 3 unspecified atom stereocenters. The molecule has 2 nitrogen and oxygen atoms in total. The maximum Gasteiger partial charge on any atom is 0.155 e. The topological polar surface area (TPSA) is 34.1 Å². The van der Waals surface area contributed by atoms with Gasteiger partial charge in [0, 0.05) is 23.7 Å². The maximum atomic E-state index is 12.5. The van der Waals surface area contributed by atoms with E-state index in [9.17, 15) is 9.59 Å². The predicted molar refractivity (Wildman–Crippen MR) is 90.9 cm³/mol. The van der Waals surface area contributed by atoms with Crippen LogP contribution in [0.5, 0.6) is 0 Å². The van der Waals surface area contributed by atoms with Gasteiger partial charge in [0.15, 0.2) is 5.78 Å². The summed E-state index contributed by atoms with van der Waals surface area (Å²) in [7, 11) is 0. The molecular formula is C21H28O2. The van der Waals surface area contributed by atoms with Crippen LogP contribution in [0.4, 0.5) is 0 Å². The summed E-state index contributed by atoms with van der Waals surface area (Å²) in [6.07, 6.45) is 14.6. The molecule has 0 amide bonds. The van der Waals surface area contributed by atoms with Crippen LogP contribution in [-0.2, 0) is 9.59 Å². The molecule has 3 fully saturated rings. The number of carbonyl (C=O) groups excluding carboxylic acids is 2. The summed E-state index contributed by atoms with van der Waals surface area (Å²) < 4.78 is 0. The SMILES string of the molecule is C/C=C/[C@]12CCC(=O)C=C1CCC1C2CC[C@]2(C)C(=O)CCC12. The molecule has 3 saturated carbocycles. The van der Waals surface area contributed by atoms with Crippen molar-refractivity contribution in [2.45, 2.75) is 65.2 Å². The van der Waals surface area contributed by atoms with Gasteiger partial charge in [-0.2, -0.15) is 0 Å². The monoisotopic (exact) mass is 312 g/mol. The van der Waals surface area contributed by atoms with Gasteiger partial charge in [-0.05, 0) is 69.3 Å². The first-order valence-electron chi connectivity index (χ1n) is 9.42. The molecule has 5 atom stereocenters. The van der Waals surface area contributed by atoms with Crippen LogP contribution in [0, 0.1) is 28.6 Å². The van der Waals surface area contributed by atoms with Crippen LogP contribution in [0.1, 0.15) is 65.2 Å². The van der Waals surface area contributed by atoms with Crippen molar-refractivity contribution >= 4 is 11.6 Å². The summed E-state index contributed by atoms with van der Waals surface area (Å²) in [6.45, 7) is 4.35. The molecule has 4 aliphatic rings. The van der Waals surface area contributed by atoms with Crippen molar-refractivity contribution in [3.8, 4) is 0 Å². The lowest BCUT2D eigenvalue weighted by molar-refractivity contribution is -0.132. The zero-order chi connectivity index (χ0) is 16.2. The number of hydrogen-bond donors (Lipinski definition) is 0. The minimum Gasteiger partial charge on any atom is -0.299 e. The van der Waals surface area contributed by atoms with Crippen molar-refractivity contribution in [1.82, 2.24) is 0 Å². The van der Waals surface area contributed by atoms with Gasteiger partial charge < -0.3 is 0 Å². The number of rotatable bonds is 1. The molecule has 2 heteroatoms. The fourth-order valence-electron chi connectivity index (χ4n) is 6.65. The van der Waals surface area contributed by atoms with Gasteiger partial charge in [-0.1, -0.05) is 24.6 Å². The number of ketones is 2. The van der Waals surface area contributed by atoms with Gasteiger partial charge in [-0.15, -0.1) is 0 Å². The smallest absolute Gasteiger partial charge is 0.155 e. The third-order valence-corrected chi connectivity index (χ3v) is 7.74. The van der Waals surface area contributed by atoms with E-state index < -0.39 is 0 Å². The number of allylic oxidation sites excluding steroid dienone is 3. The Kier molecular flexibility index (Phi) is 3.44. The van der Waals surface area contributed by atoms with E-state index >= 15 is 0 Å². The van der Waals surface area contributed by atoms with Gasteiger partial charge in [-0.25, -0.2) is 0 Å². The van der Waals surface area contributed by atoms with Crippen LogP contribution in [0.25, 0.3) is 0 Å². The first kappa shape index (κ1) is 15.4. The van der Waals surface area contributed by atoms with Crippen LogP contribution < -0.4 is 0 Å². The van der Waals surface area contributed by atoms with Gasteiger partial charge in [0.25, 0.3) is 0 Å². The normalized spacial score (nSPS) is 46.3. The Bertz CT molecular complexity index is 613. The molecule has 0 radical (unpaired) electrons. The Morgan fingerprint density at radius 3 is 2.65 bits per heavy atom. The van der Waals surface area contributed by atoms with Crippen molar-refractivity contribution in [1.29, 1.82) is 0 Å². The summed E-state index contributed by atoms with van der Waals surface area (Å²) in [6, 6.07) is 0. The highest BCUT2D eigenvalue weighted by Crippen LogP contribution is 2.64. The number of carbonyl (C=O) groups is 2. The summed E-state index contributed by atoms with van der Waals surface area (Å²) in [5, 5.41) is 0. The van der Waals surface area contributed by atoms with Gasteiger partial charge in [0.1, 0.15) is 5.78 Å². The zero-order valence-electron chi connectivity index (χ0n) is 14.4. The highest BCUT2D eigenvalue weighted by molar-refractivity contribution is 5.92. The fourth-order valence-corrected chi connectivity index (χ4v) is 6.65. The van der Waals surface area contributed by atoms with Gasteiger partial charge in [0.05, 0.1) is 0 Å². The number of fused-ring (bicyclic) bond motifs is 5. The fraction of sp³-hybridized carbons (Fsp3) is 0.714. The first-order chi connectivity index (χ1) is 11.0. The molecule has 0 aromatic carbocycles. The number of hydrogen-bond acceptors (Lipinski definition) is 2. The van der Waals surface area contributed by atoms with E-state index in [1.807, 2.05) is 6.08 Å². The van der Waals surface area contributed by atoms with Gasteiger partial charge in [0.2, 0.25) is 0 Å². The van der Waals surface area contributed by atoms with E-state index in [-0.39, 0.29) is 10.8 Å². The highest BCUT2D eigenvalue weighted by Gasteiger charge is 2.59.